The van der Waals surface area contributed by atoms with Crippen LogP contribution in [0.4, 0.5) is 10.2 Å². The van der Waals surface area contributed by atoms with E-state index in [-0.39, 0.29) is 24.4 Å². The number of hydrogen-bond acceptors (Lipinski definition) is 5. The van der Waals surface area contributed by atoms with Gasteiger partial charge < -0.3 is 15.3 Å². The van der Waals surface area contributed by atoms with Gasteiger partial charge in [0.2, 0.25) is 0 Å². The second-order valence-corrected chi connectivity index (χ2v) is 7.53. The fourth-order valence-corrected chi connectivity index (χ4v) is 3.70. The number of carbonyl (C=O) groups is 1. The molecule has 2 N–H and O–H groups in total. The van der Waals surface area contributed by atoms with Gasteiger partial charge in [-0.2, -0.15) is 0 Å². The monoisotopic (exact) mass is 375 g/mol. The van der Waals surface area contributed by atoms with Gasteiger partial charge in [0.05, 0.1) is 11.7 Å². The molecule has 2 heterocycles. The lowest BCUT2D eigenvalue weighted by Crippen LogP contribution is -2.51. The number of carbonyl (C=O) groups excluding carboxylic acids is 1. The molecule has 26 heavy (non-hydrogen) atoms. The van der Waals surface area contributed by atoms with Crippen molar-refractivity contribution in [2.24, 2.45) is 0 Å². The summed E-state index contributed by atoms with van der Waals surface area (Å²) in [5, 5.41) is 13.0. The third kappa shape index (κ3) is 4.16. The minimum absolute atomic E-state index is 0.217. The molecule has 1 aliphatic rings. The van der Waals surface area contributed by atoms with Gasteiger partial charge in [-0.1, -0.05) is 19.1 Å². The molecule has 2 aromatic rings. The van der Waals surface area contributed by atoms with Gasteiger partial charge in [-0.25, -0.2) is 9.37 Å². The van der Waals surface area contributed by atoms with E-state index in [1.165, 1.54) is 23.9 Å². The first-order chi connectivity index (χ1) is 12.5. The van der Waals surface area contributed by atoms with Crippen LogP contribution in [0.3, 0.4) is 0 Å². The van der Waals surface area contributed by atoms with Crippen LogP contribution in [0.5, 0.6) is 0 Å². The Morgan fingerprint density at radius 2 is 2.19 bits per heavy atom. The molecule has 0 radical (unpaired) electrons. The van der Waals surface area contributed by atoms with Crippen LogP contribution in [-0.2, 0) is 6.54 Å². The molecule has 3 rings (SSSR count). The number of nitrogens with one attached hydrogen (secondary N) is 1. The zero-order chi connectivity index (χ0) is 18.7. The Labute approximate surface area is 156 Å². The number of anilines is 1. The zero-order valence-corrected chi connectivity index (χ0v) is 15.6. The van der Waals surface area contributed by atoms with E-state index in [9.17, 15) is 14.3 Å². The van der Waals surface area contributed by atoms with Crippen LogP contribution in [0.2, 0.25) is 0 Å². The van der Waals surface area contributed by atoms with Crippen molar-refractivity contribution in [2.75, 3.05) is 23.7 Å². The van der Waals surface area contributed by atoms with Gasteiger partial charge in [-0.05, 0) is 42.0 Å². The smallest absolute Gasteiger partial charge is 0.254 e. The van der Waals surface area contributed by atoms with E-state index in [1.807, 2.05) is 24.8 Å². The minimum atomic E-state index is -0.321. The maximum atomic E-state index is 13.3. The molecule has 1 aliphatic heterocycles. The number of thioether (sulfide) groups is 1. The number of hydrogen-bond donors (Lipinski definition) is 2. The van der Waals surface area contributed by atoms with E-state index in [2.05, 4.69) is 10.3 Å². The lowest BCUT2D eigenvalue weighted by Gasteiger charge is -2.37. The van der Waals surface area contributed by atoms with Crippen LogP contribution in [0, 0.1) is 12.7 Å². The summed E-state index contributed by atoms with van der Waals surface area (Å²) in [6.07, 6.45) is -0.311. The van der Waals surface area contributed by atoms with Gasteiger partial charge in [0.25, 0.3) is 5.91 Å². The average Bonchev–Trinajstić information content (AvgIpc) is 2.57. The summed E-state index contributed by atoms with van der Waals surface area (Å²) in [6.45, 7) is 5.28. The third-order valence-corrected chi connectivity index (χ3v) is 5.06. The number of aryl methyl sites for hydroxylation is 1. The molecule has 0 unspecified atom stereocenters. The minimum Gasteiger partial charge on any atom is -0.389 e. The van der Waals surface area contributed by atoms with Crippen molar-refractivity contribution in [1.82, 2.24) is 10.3 Å². The highest BCUT2D eigenvalue weighted by Crippen LogP contribution is 2.29. The van der Waals surface area contributed by atoms with Crippen molar-refractivity contribution in [3.05, 3.63) is 52.8 Å². The highest BCUT2D eigenvalue weighted by Gasteiger charge is 2.27. The molecule has 1 aromatic carbocycles. The molecule has 138 valence electrons. The van der Waals surface area contributed by atoms with Crippen LogP contribution >= 0.6 is 11.8 Å². The molecule has 0 bridgehead atoms. The molecule has 0 spiro atoms. The molecule has 1 amide bonds. The maximum Gasteiger partial charge on any atom is 0.254 e. The highest BCUT2D eigenvalue weighted by molar-refractivity contribution is 7.99. The molecule has 0 aliphatic carbocycles. The van der Waals surface area contributed by atoms with Crippen LogP contribution in [0.15, 0.2) is 35.4 Å². The maximum absolute atomic E-state index is 13.3. The highest BCUT2D eigenvalue weighted by atomic mass is 32.2. The Morgan fingerprint density at radius 3 is 2.85 bits per heavy atom. The number of amides is 1. The Morgan fingerprint density at radius 1 is 1.42 bits per heavy atom. The average molecular weight is 375 g/mol. The van der Waals surface area contributed by atoms with E-state index < -0.39 is 0 Å². The van der Waals surface area contributed by atoms with Crippen LogP contribution in [0.25, 0.3) is 0 Å². The first-order valence-electron chi connectivity index (χ1n) is 8.58. The molecular formula is C19H22FN3O2S. The molecule has 0 saturated carbocycles. The first-order valence-corrected chi connectivity index (χ1v) is 9.56. The Kier molecular flexibility index (Phi) is 5.78. The van der Waals surface area contributed by atoms with E-state index in [4.69, 9.17) is 0 Å². The number of aliphatic hydroxyl groups is 1. The predicted octanol–water partition coefficient (Wildman–Crippen LogP) is 2.75. The Bertz CT molecular complexity index is 809. The summed E-state index contributed by atoms with van der Waals surface area (Å²) in [5.41, 5.74) is 2.10. The number of halogens is 1. The second kappa shape index (κ2) is 8.05. The van der Waals surface area contributed by atoms with Crippen LogP contribution < -0.4 is 10.2 Å². The largest absolute Gasteiger partial charge is 0.389 e. The zero-order valence-electron chi connectivity index (χ0n) is 14.8. The van der Waals surface area contributed by atoms with Gasteiger partial charge in [-0.3, -0.25) is 4.79 Å². The summed E-state index contributed by atoms with van der Waals surface area (Å²) in [7, 11) is 0. The number of aromatic nitrogens is 1. The van der Waals surface area contributed by atoms with Crippen molar-refractivity contribution >= 4 is 23.5 Å². The molecule has 7 heteroatoms. The molecule has 5 nitrogen and oxygen atoms in total. The summed E-state index contributed by atoms with van der Waals surface area (Å²) in [6, 6.07) is 8.06. The molecule has 1 aromatic heterocycles. The fraction of sp³-hybridized carbons (Fsp3) is 0.368. The van der Waals surface area contributed by atoms with Crippen molar-refractivity contribution in [3.8, 4) is 0 Å². The summed E-state index contributed by atoms with van der Waals surface area (Å²) >= 11 is 1.51. The number of aliphatic hydroxyl groups excluding tert-OH is 1. The first kappa shape index (κ1) is 18.7. The van der Waals surface area contributed by atoms with Gasteiger partial charge in [-0.15, -0.1) is 11.8 Å². The van der Waals surface area contributed by atoms with Gasteiger partial charge in [0.15, 0.2) is 0 Å². The van der Waals surface area contributed by atoms with Gasteiger partial charge >= 0.3 is 0 Å². The van der Waals surface area contributed by atoms with Crippen molar-refractivity contribution in [3.63, 3.8) is 0 Å². The number of rotatable bonds is 6. The van der Waals surface area contributed by atoms with Crippen LogP contribution in [-0.4, -0.2) is 40.9 Å². The van der Waals surface area contributed by atoms with Crippen molar-refractivity contribution in [1.29, 1.82) is 0 Å². The Hall–Kier alpha value is -2.12. The van der Waals surface area contributed by atoms with Gasteiger partial charge in [0.1, 0.15) is 16.7 Å². The van der Waals surface area contributed by atoms with E-state index >= 15 is 0 Å². The number of β-amino-alcohol motifs (C(OH)–C–C–N with tert-alkyl or cyclic N) is 1. The standard InChI is InChI=1S/C19H22FN3O2S/c1-3-26-19-17(12(2)7-16(22-19)23-10-15(24)11-23)18(25)21-9-13-5-4-6-14(20)8-13/h4-8,15,24H,3,9-11H2,1-2H3,(H,21,25). The number of pyridine rings is 1. The predicted molar refractivity (Wildman–Crippen MR) is 101 cm³/mol. The van der Waals surface area contributed by atoms with Crippen LogP contribution in [0.1, 0.15) is 28.4 Å². The fourth-order valence-electron chi connectivity index (χ4n) is 2.87. The Balaban J connectivity index is 1.79. The van der Waals surface area contributed by atoms with Crippen molar-refractivity contribution < 1.29 is 14.3 Å². The second-order valence-electron chi connectivity index (χ2n) is 6.28. The van der Waals surface area contributed by atoms with Crippen molar-refractivity contribution in [2.45, 2.75) is 31.5 Å². The number of nitrogens with zero attached hydrogens (tertiary/aromatic N) is 2. The van der Waals surface area contributed by atoms with E-state index in [1.54, 1.807) is 12.1 Å². The van der Waals surface area contributed by atoms with E-state index in [0.29, 0.717) is 29.2 Å². The SMILES string of the molecule is CCSc1nc(N2CC(O)C2)cc(C)c1C(=O)NCc1cccc(F)c1. The van der Waals surface area contributed by atoms with E-state index in [0.717, 1.165) is 17.1 Å². The van der Waals surface area contributed by atoms with Gasteiger partial charge in [0, 0.05) is 19.6 Å². The summed E-state index contributed by atoms with van der Waals surface area (Å²) in [5.74, 6) is 1.04. The third-order valence-electron chi connectivity index (χ3n) is 4.21. The lowest BCUT2D eigenvalue weighted by atomic mass is 10.1. The topological polar surface area (TPSA) is 65.5 Å². The lowest BCUT2D eigenvalue weighted by molar-refractivity contribution is 0.0946. The molecule has 0 atom stereocenters. The number of benzene rings is 1. The normalized spacial score (nSPS) is 14.2. The quantitative estimate of drug-likeness (QED) is 0.760. The molecular weight excluding hydrogens is 353 g/mol. The summed E-state index contributed by atoms with van der Waals surface area (Å²) in [4.78, 5) is 19.3. The molecule has 1 fully saturated rings. The summed E-state index contributed by atoms with van der Waals surface area (Å²) < 4.78 is 13.3. The molecule has 1 saturated heterocycles.